The molecular weight excluding hydrogens is 268 g/mol. The van der Waals surface area contributed by atoms with Crippen molar-refractivity contribution in [2.45, 2.75) is 0 Å². The molecule has 0 aromatic heterocycles. The Morgan fingerprint density at radius 1 is 1.50 bits per heavy atom. The van der Waals surface area contributed by atoms with Gasteiger partial charge in [0.2, 0.25) is 0 Å². The molecular formula is C12H13BrN2O. The van der Waals surface area contributed by atoms with Gasteiger partial charge in [0.1, 0.15) is 0 Å². The first-order chi connectivity index (χ1) is 7.72. The largest absolute Gasteiger partial charge is 0.334 e. The molecule has 0 heterocycles. The van der Waals surface area contributed by atoms with E-state index in [1.165, 1.54) is 0 Å². The van der Waals surface area contributed by atoms with Crippen molar-refractivity contribution < 1.29 is 4.79 Å². The molecule has 1 rings (SSSR count). The van der Waals surface area contributed by atoms with Crippen molar-refractivity contribution in [3.63, 3.8) is 0 Å². The van der Waals surface area contributed by atoms with Crippen LogP contribution >= 0.6 is 15.9 Å². The van der Waals surface area contributed by atoms with Crippen LogP contribution in [0.5, 0.6) is 0 Å². The Kier molecular flexibility index (Phi) is 5.36. The molecule has 3 nitrogen and oxygen atoms in total. The molecule has 0 spiro atoms. The Morgan fingerprint density at radius 2 is 2.31 bits per heavy atom. The van der Waals surface area contributed by atoms with E-state index in [-0.39, 0.29) is 6.03 Å². The summed E-state index contributed by atoms with van der Waals surface area (Å²) in [5, 5.41) is 5.19. The van der Waals surface area contributed by atoms with Gasteiger partial charge in [0.15, 0.2) is 0 Å². The number of carbonyl (C=O) groups is 1. The molecule has 1 aromatic rings. The predicted molar refractivity (Wildman–Crippen MR) is 69.9 cm³/mol. The zero-order valence-electron chi connectivity index (χ0n) is 8.74. The van der Waals surface area contributed by atoms with Gasteiger partial charge in [0.25, 0.3) is 0 Å². The second-order valence-corrected chi connectivity index (χ2v) is 3.95. The number of halogens is 1. The first-order valence-electron chi connectivity index (χ1n) is 4.80. The SMILES string of the molecule is C=CCNC(=O)N/C=C/c1cccc(Br)c1. The number of benzene rings is 1. The first-order valence-corrected chi connectivity index (χ1v) is 5.59. The Morgan fingerprint density at radius 3 is 3.00 bits per heavy atom. The molecule has 4 heteroatoms. The van der Waals surface area contributed by atoms with Crippen molar-refractivity contribution in [1.82, 2.24) is 10.6 Å². The Balaban J connectivity index is 2.42. The minimum absolute atomic E-state index is 0.244. The van der Waals surface area contributed by atoms with E-state index in [1.54, 1.807) is 12.3 Å². The molecule has 0 aliphatic carbocycles. The molecule has 2 amide bonds. The van der Waals surface area contributed by atoms with Crippen molar-refractivity contribution in [2.75, 3.05) is 6.54 Å². The fraction of sp³-hybridized carbons (Fsp3) is 0.0833. The fourth-order valence-electron chi connectivity index (χ4n) is 1.04. The van der Waals surface area contributed by atoms with E-state index in [4.69, 9.17) is 0 Å². The molecule has 0 aliphatic rings. The lowest BCUT2D eigenvalue weighted by atomic mass is 10.2. The van der Waals surface area contributed by atoms with Crippen LogP contribution in [0.25, 0.3) is 6.08 Å². The van der Waals surface area contributed by atoms with Crippen LogP contribution in [-0.4, -0.2) is 12.6 Å². The fourth-order valence-corrected chi connectivity index (χ4v) is 1.46. The van der Waals surface area contributed by atoms with Crippen LogP contribution in [0.1, 0.15) is 5.56 Å². The van der Waals surface area contributed by atoms with Crippen LogP contribution in [0.4, 0.5) is 4.79 Å². The molecule has 0 saturated heterocycles. The molecule has 0 saturated carbocycles. The van der Waals surface area contributed by atoms with Gasteiger partial charge in [0.05, 0.1) is 0 Å². The van der Waals surface area contributed by atoms with Crippen molar-refractivity contribution in [2.24, 2.45) is 0 Å². The monoisotopic (exact) mass is 280 g/mol. The van der Waals surface area contributed by atoms with E-state index in [9.17, 15) is 4.79 Å². The lowest BCUT2D eigenvalue weighted by molar-refractivity contribution is 0.245. The summed E-state index contributed by atoms with van der Waals surface area (Å²) >= 11 is 3.37. The summed E-state index contributed by atoms with van der Waals surface area (Å²) in [5.41, 5.74) is 1.01. The average Bonchev–Trinajstić information content (AvgIpc) is 2.26. The second kappa shape index (κ2) is 6.85. The van der Waals surface area contributed by atoms with Crippen LogP contribution in [-0.2, 0) is 0 Å². The zero-order chi connectivity index (χ0) is 11.8. The lowest BCUT2D eigenvalue weighted by Crippen LogP contribution is -2.31. The number of rotatable bonds is 4. The van der Waals surface area contributed by atoms with Gasteiger partial charge in [-0.1, -0.05) is 34.1 Å². The lowest BCUT2D eigenvalue weighted by Gasteiger charge is -2.00. The average molecular weight is 281 g/mol. The molecule has 0 fully saturated rings. The van der Waals surface area contributed by atoms with Crippen LogP contribution in [0.15, 0.2) is 47.6 Å². The second-order valence-electron chi connectivity index (χ2n) is 3.03. The third-order valence-electron chi connectivity index (χ3n) is 1.75. The summed E-state index contributed by atoms with van der Waals surface area (Å²) in [4.78, 5) is 11.1. The predicted octanol–water partition coefficient (Wildman–Crippen LogP) is 2.91. The summed E-state index contributed by atoms with van der Waals surface area (Å²) < 4.78 is 1.01. The molecule has 0 aliphatic heterocycles. The van der Waals surface area contributed by atoms with E-state index in [1.807, 2.05) is 30.3 Å². The zero-order valence-corrected chi connectivity index (χ0v) is 10.3. The molecule has 0 unspecified atom stereocenters. The van der Waals surface area contributed by atoms with Gasteiger partial charge < -0.3 is 10.6 Å². The smallest absolute Gasteiger partial charge is 0.319 e. The third-order valence-corrected chi connectivity index (χ3v) is 2.24. The molecule has 0 atom stereocenters. The van der Waals surface area contributed by atoms with Crippen molar-refractivity contribution >= 4 is 28.0 Å². The van der Waals surface area contributed by atoms with Gasteiger partial charge in [-0.25, -0.2) is 4.79 Å². The number of nitrogens with one attached hydrogen (secondary N) is 2. The minimum atomic E-state index is -0.244. The molecule has 1 aromatic carbocycles. The summed E-state index contributed by atoms with van der Waals surface area (Å²) in [6, 6.07) is 7.54. The van der Waals surface area contributed by atoms with E-state index in [0.29, 0.717) is 6.54 Å². The summed E-state index contributed by atoms with van der Waals surface area (Å²) in [7, 11) is 0. The highest BCUT2D eigenvalue weighted by molar-refractivity contribution is 9.10. The Bertz CT molecular complexity index is 402. The van der Waals surface area contributed by atoms with Gasteiger partial charge >= 0.3 is 6.03 Å². The maximum atomic E-state index is 11.1. The maximum absolute atomic E-state index is 11.1. The van der Waals surface area contributed by atoms with E-state index in [0.717, 1.165) is 10.0 Å². The Hall–Kier alpha value is -1.55. The first kappa shape index (κ1) is 12.5. The van der Waals surface area contributed by atoms with Gasteiger partial charge in [0, 0.05) is 17.2 Å². The number of hydrogen-bond acceptors (Lipinski definition) is 1. The van der Waals surface area contributed by atoms with Crippen molar-refractivity contribution in [3.05, 3.63) is 53.2 Å². The number of urea groups is 1. The van der Waals surface area contributed by atoms with Crippen LogP contribution < -0.4 is 10.6 Å². The summed E-state index contributed by atoms with van der Waals surface area (Å²) in [5.74, 6) is 0. The van der Waals surface area contributed by atoms with Crippen molar-refractivity contribution in [3.8, 4) is 0 Å². The van der Waals surface area contributed by atoms with E-state index in [2.05, 4.69) is 33.1 Å². The standard InChI is InChI=1S/C12H13BrN2O/c1-2-7-14-12(16)15-8-6-10-4-3-5-11(13)9-10/h2-6,8-9H,1,7H2,(H2,14,15,16)/b8-6+. The number of hydrogen-bond donors (Lipinski definition) is 2. The highest BCUT2D eigenvalue weighted by Crippen LogP contribution is 2.12. The highest BCUT2D eigenvalue weighted by Gasteiger charge is 1.92. The molecule has 84 valence electrons. The third kappa shape index (κ3) is 4.79. The van der Waals surface area contributed by atoms with Gasteiger partial charge in [-0.15, -0.1) is 6.58 Å². The Labute approximate surface area is 103 Å². The topological polar surface area (TPSA) is 41.1 Å². The number of amides is 2. The van der Waals surface area contributed by atoms with Crippen LogP contribution in [0.2, 0.25) is 0 Å². The van der Waals surface area contributed by atoms with Crippen molar-refractivity contribution in [1.29, 1.82) is 0 Å². The maximum Gasteiger partial charge on any atom is 0.319 e. The van der Waals surface area contributed by atoms with Crippen LogP contribution in [0.3, 0.4) is 0 Å². The minimum Gasteiger partial charge on any atom is -0.334 e. The highest BCUT2D eigenvalue weighted by atomic mass is 79.9. The van der Waals surface area contributed by atoms with Gasteiger partial charge in [-0.2, -0.15) is 0 Å². The quantitative estimate of drug-likeness (QED) is 0.819. The van der Waals surface area contributed by atoms with Gasteiger partial charge in [-0.3, -0.25) is 0 Å². The summed E-state index contributed by atoms with van der Waals surface area (Å²) in [6.45, 7) is 3.96. The molecule has 16 heavy (non-hydrogen) atoms. The normalized spacial score (nSPS) is 10.1. The number of carbonyl (C=O) groups excluding carboxylic acids is 1. The molecule has 0 radical (unpaired) electrons. The molecule has 0 bridgehead atoms. The van der Waals surface area contributed by atoms with Crippen LogP contribution in [0, 0.1) is 0 Å². The van der Waals surface area contributed by atoms with E-state index < -0.39 is 0 Å². The molecule has 2 N–H and O–H groups in total. The van der Waals surface area contributed by atoms with Gasteiger partial charge in [-0.05, 0) is 23.8 Å². The summed E-state index contributed by atoms with van der Waals surface area (Å²) in [6.07, 6.45) is 5.04. The van der Waals surface area contributed by atoms with E-state index >= 15 is 0 Å².